The Labute approximate surface area is 98.7 Å². The molecule has 0 aliphatic carbocycles. The van der Waals surface area contributed by atoms with Gasteiger partial charge < -0.3 is 15.2 Å². The molecular weight excluding hydrogens is 224 g/mol. The van der Waals surface area contributed by atoms with Crippen molar-refractivity contribution in [3.8, 4) is 6.07 Å². The molecule has 2 N–H and O–H groups in total. The fraction of sp³-hybridized carbons (Fsp3) is 0.500. The number of nitrogen functional groups attached to an aromatic ring is 1. The number of hydrogen-bond donors (Lipinski definition) is 1. The summed E-state index contributed by atoms with van der Waals surface area (Å²) in [6.07, 6.45) is 1.09. The zero-order valence-electron chi connectivity index (χ0n) is 9.50. The van der Waals surface area contributed by atoms with Gasteiger partial charge in [-0.05, 0) is 13.0 Å². The van der Waals surface area contributed by atoms with Crippen molar-refractivity contribution in [2.24, 2.45) is 0 Å². The first-order valence-electron chi connectivity index (χ1n) is 5.07. The van der Waals surface area contributed by atoms with Gasteiger partial charge in [0.25, 0.3) is 0 Å². The molecule has 7 heteroatoms. The second-order valence-corrected chi connectivity index (χ2v) is 3.30. The van der Waals surface area contributed by atoms with Crippen LogP contribution in [0.3, 0.4) is 0 Å². The maximum Gasteiger partial charge on any atom is 0.327 e. The molecule has 7 nitrogen and oxygen atoms in total. The van der Waals surface area contributed by atoms with Gasteiger partial charge in [-0.15, -0.1) is 0 Å². The van der Waals surface area contributed by atoms with Gasteiger partial charge in [-0.2, -0.15) is 10.4 Å². The van der Waals surface area contributed by atoms with Gasteiger partial charge in [-0.3, -0.25) is 9.48 Å². The average molecular weight is 238 g/mol. The van der Waals surface area contributed by atoms with E-state index < -0.39 is 12.1 Å². The van der Waals surface area contributed by atoms with Crippen molar-refractivity contribution < 1.29 is 14.3 Å². The summed E-state index contributed by atoms with van der Waals surface area (Å²) in [4.78, 5) is 11.3. The molecule has 1 aromatic heterocycles. The third kappa shape index (κ3) is 4.99. The van der Waals surface area contributed by atoms with E-state index in [-0.39, 0.29) is 19.8 Å². The van der Waals surface area contributed by atoms with Crippen molar-refractivity contribution in [1.29, 1.82) is 5.26 Å². The molecule has 0 saturated heterocycles. The molecule has 1 rings (SSSR count). The third-order valence-electron chi connectivity index (χ3n) is 1.85. The Morgan fingerprint density at radius 3 is 3.06 bits per heavy atom. The predicted molar refractivity (Wildman–Crippen MR) is 58.6 cm³/mol. The number of carbonyl (C=O) groups is 1. The summed E-state index contributed by atoms with van der Waals surface area (Å²) in [7, 11) is 0. The van der Waals surface area contributed by atoms with E-state index in [1.165, 1.54) is 4.68 Å². The van der Waals surface area contributed by atoms with Crippen molar-refractivity contribution in [2.45, 2.75) is 19.6 Å². The van der Waals surface area contributed by atoms with Crippen molar-refractivity contribution in [3.63, 3.8) is 0 Å². The highest BCUT2D eigenvalue weighted by atomic mass is 16.6. The first-order valence-corrected chi connectivity index (χ1v) is 5.07. The molecule has 1 atom stereocenters. The summed E-state index contributed by atoms with van der Waals surface area (Å²) in [5.41, 5.74) is 5.39. The lowest BCUT2D eigenvalue weighted by Crippen LogP contribution is -2.18. The average Bonchev–Trinajstić information content (AvgIpc) is 2.69. The van der Waals surface area contributed by atoms with Crippen LogP contribution in [-0.4, -0.2) is 35.1 Å². The lowest BCUT2D eigenvalue weighted by atomic mass is 10.5. The maximum absolute atomic E-state index is 11.3. The Kier molecular flexibility index (Phi) is 4.97. The number of nitrogens with two attached hydrogens (primary N) is 1. The molecule has 0 aromatic carbocycles. The van der Waals surface area contributed by atoms with Gasteiger partial charge in [-0.1, -0.05) is 0 Å². The van der Waals surface area contributed by atoms with Crippen molar-refractivity contribution in [3.05, 3.63) is 12.3 Å². The van der Waals surface area contributed by atoms with E-state index in [1.54, 1.807) is 19.2 Å². The number of carbonyl (C=O) groups excluding carboxylic acids is 1. The highest BCUT2D eigenvalue weighted by Crippen LogP contribution is 1.96. The molecule has 0 radical (unpaired) electrons. The second kappa shape index (κ2) is 6.50. The maximum atomic E-state index is 11.3. The van der Waals surface area contributed by atoms with Gasteiger partial charge in [0.15, 0.2) is 0 Å². The number of ether oxygens (including phenoxy) is 2. The normalized spacial score (nSPS) is 11.8. The molecule has 1 aromatic rings. The number of rotatable bonds is 6. The van der Waals surface area contributed by atoms with E-state index in [0.717, 1.165) is 0 Å². The van der Waals surface area contributed by atoms with Crippen LogP contribution in [0.4, 0.5) is 5.82 Å². The predicted octanol–water partition coefficient (Wildman–Crippen LogP) is -0.0628. The number of anilines is 1. The molecule has 1 heterocycles. The van der Waals surface area contributed by atoms with Gasteiger partial charge in [-0.25, -0.2) is 0 Å². The van der Waals surface area contributed by atoms with E-state index in [9.17, 15) is 4.79 Å². The van der Waals surface area contributed by atoms with Gasteiger partial charge in [0.1, 0.15) is 25.1 Å². The quantitative estimate of drug-likeness (QED) is 0.550. The van der Waals surface area contributed by atoms with Crippen LogP contribution in [0.2, 0.25) is 0 Å². The number of hydrogen-bond acceptors (Lipinski definition) is 6. The van der Waals surface area contributed by atoms with E-state index in [0.29, 0.717) is 5.82 Å². The summed E-state index contributed by atoms with van der Waals surface area (Å²) >= 11 is 0. The number of aromatic nitrogens is 2. The van der Waals surface area contributed by atoms with Crippen LogP contribution in [-0.2, 0) is 20.8 Å². The molecule has 0 amide bonds. The minimum Gasteiger partial charge on any atom is -0.462 e. The first-order chi connectivity index (χ1) is 8.11. The summed E-state index contributed by atoms with van der Waals surface area (Å²) in [5.74, 6) is -0.0784. The zero-order valence-corrected chi connectivity index (χ0v) is 9.50. The molecule has 0 fully saturated rings. The Morgan fingerprint density at radius 2 is 2.47 bits per heavy atom. The van der Waals surface area contributed by atoms with E-state index in [4.69, 9.17) is 20.5 Å². The molecule has 17 heavy (non-hydrogen) atoms. The third-order valence-corrected chi connectivity index (χ3v) is 1.85. The monoisotopic (exact) mass is 238 g/mol. The van der Waals surface area contributed by atoms with E-state index in [1.807, 2.05) is 6.07 Å². The van der Waals surface area contributed by atoms with Crippen LogP contribution in [0.25, 0.3) is 0 Å². The summed E-state index contributed by atoms with van der Waals surface area (Å²) in [6.45, 7) is 1.93. The Morgan fingerprint density at radius 1 is 1.71 bits per heavy atom. The molecular formula is C10H14N4O3. The fourth-order valence-corrected chi connectivity index (χ4v) is 1.06. The van der Waals surface area contributed by atoms with E-state index in [2.05, 4.69) is 5.10 Å². The molecule has 0 bridgehead atoms. The van der Waals surface area contributed by atoms with Crippen LogP contribution in [0.1, 0.15) is 6.92 Å². The zero-order chi connectivity index (χ0) is 12.7. The van der Waals surface area contributed by atoms with Gasteiger partial charge >= 0.3 is 5.97 Å². The van der Waals surface area contributed by atoms with Crippen LogP contribution in [0.15, 0.2) is 12.3 Å². The second-order valence-electron chi connectivity index (χ2n) is 3.30. The van der Waals surface area contributed by atoms with Crippen LogP contribution < -0.4 is 5.73 Å². The molecule has 92 valence electrons. The van der Waals surface area contributed by atoms with Gasteiger partial charge in [0.05, 0.1) is 12.7 Å². The number of nitriles is 1. The summed E-state index contributed by atoms with van der Waals surface area (Å²) < 4.78 is 11.3. The Hall–Kier alpha value is -2.07. The lowest BCUT2D eigenvalue weighted by Gasteiger charge is -2.06. The molecule has 0 aliphatic rings. The van der Waals surface area contributed by atoms with Crippen molar-refractivity contribution >= 4 is 11.8 Å². The molecule has 0 spiro atoms. The van der Waals surface area contributed by atoms with E-state index >= 15 is 0 Å². The number of esters is 1. The minimum atomic E-state index is -0.500. The summed E-state index contributed by atoms with van der Waals surface area (Å²) in [5, 5.41) is 12.3. The van der Waals surface area contributed by atoms with Crippen molar-refractivity contribution in [1.82, 2.24) is 9.78 Å². The highest BCUT2D eigenvalue weighted by molar-refractivity contribution is 5.69. The lowest BCUT2D eigenvalue weighted by molar-refractivity contribution is -0.146. The Balaban J connectivity index is 2.16. The van der Waals surface area contributed by atoms with Crippen LogP contribution in [0.5, 0.6) is 0 Å². The van der Waals surface area contributed by atoms with Gasteiger partial charge in [0.2, 0.25) is 0 Å². The first kappa shape index (κ1) is 13.0. The standard InChI is InChI=1S/C10H14N4O3/c1-8(6-11)16-4-5-17-10(15)7-14-3-2-9(12)13-14/h2-3,8H,4-5,7H2,1H3,(H2,12,13). The fourth-order valence-electron chi connectivity index (χ4n) is 1.06. The molecule has 1 unspecified atom stereocenters. The van der Waals surface area contributed by atoms with Crippen LogP contribution in [0, 0.1) is 11.3 Å². The molecule has 0 saturated carbocycles. The molecule has 0 aliphatic heterocycles. The van der Waals surface area contributed by atoms with Gasteiger partial charge in [0, 0.05) is 6.20 Å². The minimum absolute atomic E-state index is 0.00496. The largest absolute Gasteiger partial charge is 0.462 e. The smallest absolute Gasteiger partial charge is 0.327 e. The highest BCUT2D eigenvalue weighted by Gasteiger charge is 2.05. The SMILES string of the molecule is CC(C#N)OCCOC(=O)Cn1ccc(N)n1. The topological polar surface area (TPSA) is 103 Å². The number of nitrogens with zero attached hydrogens (tertiary/aromatic N) is 3. The van der Waals surface area contributed by atoms with Crippen molar-refractivity contribution in [2.75, 3.05) is 18.9 Å². The van der Waals surface area contributed by atoms with Crippen LogP contribution >= 0.6 is 0 Å². The summed E-state index contributed by atoms with van der Waals surface area (Å²) in [6, 6.07) is 3.49. The Bertz CT molecular complexity index is 410.